The molecular weight excluding hydrogens is 358 g/mol. The van der Waals surface area contributed by atoms with Gasteiger partial charge in [-0.2, -0.15) is 0 Å². The van der Waals surface area contributed by atoms with Gasteiger partial charge < -0.3 is 10.4 Å². The van der Waals surface area contributed by atoms with Crippen LogP contribution in [0.1, 0.15) is 32.3 Å². The van der Waals surface area contributed by atoms with Crippen molar-refractivity contribution in [3.63, 3.8) is 0 Å². The molecular formula is C14H21Br2NO. The summed E-state index contributed by atoms with van der Waals surface area (Å²) in [6.07, 6.45) is 1.92. The van der Waals surface area contributed by atoms with E-state index in [2.05, 4.69) is 69.2 Å². The average Bonchev–Trinajstić information content (AvgIpc) is 2.31. The Balaban J connectivity index is 2.39. The van der Waals surface area contributed by atoms with Crippen molar-refractivity contribution in [2.45, 2.75) is 33.2 Å². The van der Waals surface area contributed by atoms with Crippen molar-refractivity contribution in [2.24, 2.45) is 5.41 Å². The van der Waals surface area contributed by atoms with E-state index in [-0.39, 0.29) is 12.0 Å². The van der Waals surface area contributed by atoms with Gasteiger partial charge in [-0.25, -0.2) is 0 Å². The van der Waals surface area contributed by atoms with Gasteiger partial charge in [-0.05, 0) is 67.8 Å². The van der Waals surface area contributed by atoms with Crippen molar-refractivity contribution in [1.29, 1.82) is 0 Å². The van der Waals surface area contributed by atoms with Crippen LogP contribution in [0.25, 0.3) is 0 Å². The lowest BCUT2D eigenvalue weighted by Gasteiger charge is -2.24. The minimum atomic E-state index is 0.231. The minimum absolute atomic E-state index is 0.231. The lowest BCUT2D eigenvalue weighted by Crippen LogP contribution is -2.29. The SMILES string of the molecule is CC(C)(CCCO)CNCc1ccc(Br)c(Br)c1. The summed E-state index contributed by atoms with van der Waals surface area (Å²) < 4.78 is 2.16. The topological polar surface area (TPSA) is 32.3 Å². The van der Waals surface area contributed by atoms with Crippen LogP contribution in [-0.2, 0) is 6.54 Å². The highest BCUT2D eigenvalue weighted by atomic mass is 79.9. The summed E-state index contributed by atoms with van der Waals surface area (Å²) in [5, 5.41) is 12.3. The van der Waals surface area contributed by atoms with Crippen LogP contribution in [-0.4, -0.2) is 18.3 Å². The van der Waals surface area contributed by atoms with E-state index in [1.165, 1.54) is 5.56 Å². The summed E-state index contributed by atoms with van der Waals surface area (Å²) in [7, 11) is 0. The normalized spacial score (nSPS) is 11.8. The van der Waals surface area contributed by atoms with Gasteiger partial charge in [0.2, 0.25) is 0 Å². The van der Waals surface area contributed by atoms with Crippen LogP contribution in [0.2, 0.25) is 0 Å². The molecule has 0 aliphatic heterocycles. The van der Waals surface area contributed by atoms with Gasteiger partial charge in [0.15, 0.2) is 0 Å². The van der Waals surface area contributed by atoms with Crippen LogP contribution in [0.4, 0.5) is 0 Å². The van der Waals surface area contributed by atoms with Crippen molar-refractivity contribution in [3.05, 3.63) is 32.7 Å². The van der Waals surface area contributed by atoms with Gasteiger partial charge >= 0.3 is 0 Å². The molecule has 1 aromatic carbocycles. The molecule has 0 aliphatic rings. The first-order valence-electron chi connectivity index (χ1n) is 6.20. The molecule has 102 valence electrons. The first-order chi connectivity index (χ1) is 8.44. The molecule has 0 amide bonds. The molecule has 0 radical (unpaired) electrons. The van der Waals surface area contributed by atoms with E-state index in [1.54, 1.807) is 0 Å². The van der Waals surface area contributed by atoms with Crippen LogP contribution in [0.15, 0.2) is 27.1 Å². The Hall–Kier alpha value is 0.1000. The molecule has 0 aromatic heterocycles. The van der Waals surface area contributed by atoms with Crippen LogP contribution >= 0.6 is 31.9 Å². The summed E-state index contributed by atoms with van der Waals surface area (Å²) in [6.45, 7) is 6.57. The standard InChI is InChI=1S/C14H21Br2NO/c1-14(2,6-3-7-18)10-17-9-11-4-5-12(15)13(16)8-11/h4-5,8,17-18H,3,6-7,9-10H2,1-2H3. The Labute approximate surface area is 126 Å². The second kappa shape index (κ2) is 7.63. The second-order valence-electron chi connectivity index (χ2n) is 5.34. The average molecular weight is 379 g/mol. The number of aliphatic hydroxyl groups is 1. The predicted molar refractivity (Wildman–Crippen MR) is 83.6 cm³/mol. The molecule has 0 aliphatic carbocycles. The maximum Gasteiger partial charge on any atom is 0.0431 e. The van der Waals surface area contributed by atoms with E-state index >= 15 is 0 Å². The molecule has 0 bridgehead atoms. The highest BCUT2D eigenvalue weighted by Gasteiger charge is 2.16. The first-order valence-corrected chi connectivity index (χ1v) is 7.79. The molecule has 4 heteroatoms. The quantitative estimate of drug-likeness (QED) is 0.748. The Morgan fingerprint density at radius 3 is 2.56 bits per heavy atom. The van der Waals surface area contributed by atoms with Gasteiger partial charge in [-0.15, -0.1) is 0 Å². The van der Waals surface area contributed by atoms with E-state index in [0.717, 1.165) is 34.9 Å². The molecule has 0 saturated heterocycles. The maximum absolute atomic E-state index is 8.86. The fourth-order valence-corrected chi connectivity index (χ4v) is 2.51. The monoisotopic (exact) mass is 377 g/mol. The van der Waals surface area contributed by atoms with Gasteiger partial charge in [-0.1, -0.05) is 19.9 Å². The van der Waals surface area contributed by atoms with Crippen molar-refractivity contribution in [3.8, 4) is 0 Å². The summed E-state index contributed by atoms with van der Waals surface area (Å²) in [6, 6.07) is 6.29. The van der Waals surface area contributed by atoms with E-state index < -0.39 is 0 Å². The third-order valence-electron chi connectivity index (χ3n) is 2.93. The van der Waals surface area contributed by atoms with Crippen LogP contribution in [0.3, 0.4) is 0 Å². The molecule has 0 unspecified atom stereocenters. The Morgan fingerprint density at radius 1 is 1.22 bits per heavy atom. The number of hydrogen-bond donors (Lipinski definition) is 2. The zero-order valence-electron chi connectivity index (χ0n) is 11.0. The maximum atomic E-state index is 8.86. The first kappa shape index (κ1) is 16.2. The number of hydrogen-bond acceptors (Lipinski definition) is 2. The molecule has 0 atom stereocenters. The van der Waals surface area contributed by atoms with Gasteiger partial charge in [0.1, 0.15) is 0 Å². The summed E-state index contributed by atoms with van der Waals surface area (Å²) in [5.74, 6) is 0. The molecule has 0 heterocycles. The molecule has 18 heavy (non-hydrogen) atoms. The van der Waals surface area contributed by atoms with Crippen molar-refractivity contribution >= 4 is 31.9 Å². The van der Waals surface area contributed by atoms with Gasteiger partial charge in [0, 0.05) is 28.6 Å². The largest absolute Gasteiger partial charge is 0.396 e. The lowest BCUT2D eigenvalue weighted by atomic mass is 9.88. The third kappa shape index (κ3) is 5.83. The van der Waals surface area contributed by atoms with Crippen molar-refractivity contribution < 1.29 is 5.11 Å². The number of benzene rings is 1. The van der Waals surface area contributed by atoms with E-state index in [4.69, 9.17) is 5.11 Å². The number of halogens is 2. The predicted octanol–water partition coefficient (Wildman–Crippen LogP) is 4.10. The van der Waals surface area contributed by atoms with Gasteiger partial charge in [0.05, 0.1) is 0 Å². The zero-order chi connectivity index (χ0) is 13.6. The van der Waals surface area contributed by atoms with Crippen LogP contribution in [0, 0.1) is 5.41 Å². The fraction of sp³-hybridized carbons (Fsp3) is 0.571. The van der Waals surface area contributed by atoms with E-state index in [9.17, 15) is 0 Å². The summed E-state index contributed by atoms with van der Waals surface area (Å²) >= 11 is 6.98. The number of rotatable bonds is 7. The Morgan fingerprint density at radius 2 is 1.94 bits per heavy atom. The number of aliphatic hydroxyl groups excluding tert-OH is 1. The molecule has 2 nitrogen and oxygen atoms in total. The minimum Gasteiger partial charge on any atom is -0.396 e. The lowest BCUT2D eigenvalue weighted by molar-refractivity contribution is 0.236. The molecule has 2 N–H and O–H groups in total. The Kier molecular flexibility index (Phi) is 6.85. The van der Waals surface area contributed by atoms with Crippen molar-refractivity contribution in [1.82, 2.24) is 5.32 Å². The second-order valence-corrected chi connectivity index (χ2v) is 7.05. The number of nitrogens with one attached hydrogen (secondary N) is 1. The molecule has 1 rings (SSSR count). The van der Waals surface area contributed by atoms with E-state index in [1.807, 2.05) is 0 Å². The zero-order valence-corrected chi connectivity index (χ0v) is 14.1. The van der Waals surface area contributed by atoms with Gasteiger partial charge in [-0.3, -0.25) is 0 Å². The smallest absolute Gasteiger partial charge is 0.0431 e. The summed E-state index contributed by atoms with van der Waals surface area (Å²) in [4.78, 5) is 0. The highest BCUT2D eigenvalue weighted by Crippen LogP contribution is 2.24. The highest BCUT2D eigenvalue weighted by molar-refractivity contribution is 9.13. The van der Waals surface area contributed by atoms with Crippen LogP contribution in [0.5, 0.6) is 0 Å². The summed E-state index contributed by atoms with van der Waals surface area (Å²) in [5.41, 5.74) is 1.50. The van der Waals surface area contributed by atoms with Gasteiger partial charge in [0.25, 0.3) is 0 Å². The Bertz CT molecular complexity index is 380. The van der Waals surface area contributed by atoms with Crippen LogP contribution < -0.4 is 5.32 Å². The molecule has 0 fully saturated rings. The fourth-order valence-electron chi connectivity index (χ4n) is 1.84. The molecule has 0 spiro atoms. The molecule has 1 aromatic rings. The molecule has 0 saturated carbocycles. The van der Waals surface area contributed by atoms with E-state index in [0.29, 0.717) is 0 Å². The third-order valence-corrected chi connectivity index (χ3v) is 4.81. The van der Waals surface area contributed by atoms with Crippen molar-refractivity contribution in [2.75, 3.05) is 13.2 Å².